The predicted octanol–water partition coefficient (Wildman–Crippen LogP) is 1.52. The van der Waals surface area contributed by atoms with Crippen molar-refractivity contribution in [2.24, 2.45) is 0 Å². The van der Waals surface area contributed by atoms with Crippen LogP contribution in [0.5, 0.6) is 5.88 Å². The second kappa shape index (κ2) is 4.04. The Morgan fingerprint density at radius 2 is 2.38 bits per heavy atom. The summed E-state index contributed by atoms with van der Waals surface area (Å²) in [6, 6.07) is 3.01. The van der Waals surface area contributed by atoms with Gasteiger partial charge in [-0.2, -0.15) is 0 Å². The molecule has 1 rings (SSSR count). The molecule has 1 aromatic rings. The molecular weight excluding hydrogens is 196 g/mol. The molecule has 0 aliphatic carbocycles. The zero-order valence-electron chi connectivity index (χ0n) is 6.86. The third-order valence-electron chi connectivity index (χ3n) is 1.40. The SMILES string of the molecule is COc1nc(Cl)ccc1C[N+](=O)[O-]. The van der Waals surface area contributed by atoms with Gasteiger partial charge >= 0.3 is 0 Å². The van der Waals surface area contributed by atoms with Gasteiger partial charge < -0.3 is 4.74 Å². The number of hydrogen-bond acceptors (Lipinski definition) is 4. The summed E-state index contributed by atoms with van der Waals surface area (Å²) >= 11 is 5.57. The van der Waals surface area contributed by atoms with Crippen molar-refractivity contribution in [1.82, 2.24) is 4.98 Å². The molecule has 0 aliphatic heterocycles. The van der Waals surface area contributed by atoms with Crippen LogP contribution in [0.4, 0.5) is 0 Å². The van der Waals surface area contributed by atoms with Gasteiger partial charge in [-0.15, -0.1) is 0 Å². The van der Waals surface area contributed by atoms with Crippen LogP contribution < -0.4 is 4.74 Å². The lowest BCUT2D eigenvalue weighted by Gasteiger charge is -2.03. The zero-order chi connectivity index (χ0) is 9.84. The molecule has 0 bridgehead atoms. The predicted molar refractivity (Wildman–Crippen MR) is 46.5 cm³/mol. The van der Waals surface area contributed by atoms with Crippen molar-refractivity contribution < 1.29 is 9.66 Å². The van der Waals surface area contributed by atoms with E-state index < -0.39 is 4.92 Å². The van der Waals surface area contributed by atoms with Crippen LogP contribution in [-0.4, -0.2) is 17.0 Å². The molecule has 1 aromatic heterocycles. The molecule has 70 valence electrons. The lowest BCUT2D eigenvalue weighted by atomic mass is 10.3. The summed E-state index contributed by atoms with van der Waals surface area (Å²) in [7, 11) is 1.39. The van der Waals surface area contributed by atoms with Crippen LogP contribution in [0.3, 0.4) is 0 Å². The van der Waals surface area contributed by atoms with Crippen molar-refractivity contribution in [3.05, 3.63) is 33.0 Å². The number of halogens is 1. The molecule has 0 saturated carbocycles. The number of nitro groups is 1. The van der Waals surface area contributed by atoms with E-state index in [0.29, 0.717) is 5.56 Å². The summed E-state index contributed by atoms with van der Waals surface area (Å²) in [4.78, 5) is 13.5. The lowest BCUT2D eigenvalue weighted by Crippen LogP contribution is -2.02. The van der Waals surface area contributed by atoms with E-state index in [1.54, 1.807) is 0 Å². The van der Waals surface area contributed by atoms with Crippen LogP contribution in [0, 0.1) is 10.1 Å². The molecule has 6 heteroatoms. The van der Waals surface area contributed by atoms with Gasteiger partial charge in [0, 0.05) is 4.92 Å². The van der Waals surface area contributed by atoms with Gasteiger partial charge in [0.2, 0.25) is 12.4 Å². The van der Waals surface area contributed by atoms with Crippen LogP contribution in [-0.2, 0) is 6.54 Å². The number of rotatable bonds is 3. The highest BCUT2D eigenvalue weighted by molar-refractivity contribution is 6.29. The van der Waals surface area contributed by atoms with Gasteiger partial charge in [0.25, 0.3) is 0 Å². The normalized spacial score (nSPS) is 9.69. The Balaban J connectivity index is 2.99. The second-order valence-electron chi connectivity index (χ2n) is 2.29. The Hall–Kier alpha value is -1.36. The lowest BCUT2D eigenvalue weighted by molar-refractivity contribution is -0.497. The highest BCUT2D eigenvalue weighted by Crippen LogP contribution is 2.18. The monoisotopic (exact) mass is 202 g/mol. The highest BCUT2D eigenvalue weighted by atomic mass is 35.5. The molecule has 0 radical (unpaired) electrons. The van der Waals surface area contributed by atoms with E-state index in [-0.39, 0.29) is 17.6 Å². The molecule has 0 N–H and O–H groups in total. The molecule has 0 amide bonds. The minimum absolute atomic E-state index is 0.198. The van der Waals surface area contributed by atoms with Gasteiger partial charge in [-0.05, 0) is 12.1 Å². The molecule has 0 aliphatic rings. The van der Waals surface area contributed by atoms with Crippen LogP contribution in [0.2, 0.25) is 5.15 Å². The fourth-order valence-corrected chi connectivity index (χ4v) is 1.02. The van der Waals surface area contributed by atoms with Crippen molar-refractivity contribution >= 4 is 11.6 Å². The number of pyridine rings is 1. The summed E-state index contributed by atoms with van der Waals surface area (Å²) in [5.74, 6) is 0.198. The van der Waals surface area contributed by atoms with Crippen molar-refractivity contribution in [1.29, 1.82) is 0 Å². The summed E-state index contributed by atoms with van der Waals surface area (Å²) in [6.45, 7) is -0.312. The molecule has 0 fully saturated rings. The molecule has 5 nitrogen and oxygen atoms in total. The average Bonchev–Trinajstić information content (AvgIpc) is 2.07. The maximum Gasteiger partial charge on any atom is 0.234 e. The van der Waals surface area contributed by atoms with E-state index in [4.69, 9.17) is 16.3 Å². The number of ether oxygens (including phenoxy) is 1. The van der Waals surface area contributed by atoms with E-state index in [9.17, 15) is 10.1 Å². The van der Waals surface area contributed by atoms with Crippen LogP contribution in [0.1, 0.15) is 5.56 Å². The molecular formula is C7H7ClN2O3. The van der Waals surface area contributed by atoms with Gasteiger partial charge in [-0.3, -0.25) is 10.1 Å². The fraction of sp³-hybridized carbons (Fsp3) is 0.286. The third-order valence-corrected chi connectivity index (χ3v) is 1.61. The largest absolute Gasteiger partial charge is 0.481 e. The minimum atomic E-state index is -0.451. The molecule has 0 aromatic carbocycles. The Morgan fingerprint density at radius 3 is 2.92 bits per heavy atom. The van der Waals surface area contributed by atoms with E-state index in [1.807, 2.05) is 0 Å². The van der Waals surface area contributed by atoms with E-state index in [2.05, 4.69) is 4.98 Å². The van der Waals surface area contributed by atoms with E-state index in [0.717, 1.165) is 0 Å². The van der Waals surface area contributed by atoms with Crippen molar-refractivity contribution in [3.8, 4) is 5.88 Å². The summed E-state index contributed by atoms with van der Waals surface area (Å²) < 4.78 is 4.83. The molecule has 0 saturated heterocycles. The first-order valence-electron chi connectivity index (χ1n) is 3.44. The van der Waals surface area contributed by atoms with Crippen molar-refractivity contribution in [3.63, 3.8) is 0 Å². The molecule has 0 atom stereocenters. The smallest absolute Gasteiger partial charge is 0.234 e. The zero-order valence-corrected chi connectivity index (χ0v) is 7.61. The summed E-state index contributed by atoms with van der Waals surface area (Å²) in [5, 5.41) is 10.5. The topological polar surface area (TPSA) is 65.3 Å². The number of hydrogen-bond donors (Lipinski definition) is 0. The Morgan fingerprint density at radius 1 is 1.69 bits per heavy atom. The average molecular weight is 203 g/mol. The van der Waals surface area contributed by atoms with Gasteiger partial charge in [0.05, 0.1) is 12.7 Å². The van der Waals surface area contributed by atoms with Gasteiger partial charge in [0.15, 0.2) is 0 Å². The Kier molecular flexibility index (Phi) is 3.02. The first kappa shape index (κ1) is 9.73. The van der Waals surface area contributed by atoms with Crippen molar-refractivity contribution in [2.75, 3.05) is 7.11 Å². The maximum atomic E-state index is 10.2. The van der Waals surface area contributed by atoms with Gasteiger partial charge in [-0.1, -0.05) is 11.6 Å². The fourth-order valence-electron chi connectivity index (χ4n) is 0.883. The third kappa shape index (κ3) is 2.55. The molecule has 0 unspecified atom stereocenters. The van der Waals surface area contributed by atoms with E-state index >= 15 is 0 Å². The van der Waals surface area contributed by atoms with Gasteiger partial charge in [-0.25, -0.2) is 4.98 Å². The second-order valence-corrected chi connectivity index (χ2v) is 2.68. The highest BCUT2D eigenvalue weighted by Gasteiger charge is 2.10. The van der Waals surface area contributed by atoms with Gasteiger partial charge in [0.1, 0.15) is 5.15 Å². The summed E-state index contributed by atoms with van der Waals surface area (Å²) in [6.07, 6.45) is 0. The Bertz CT molecular complexity index is 330. The summed E-state index contributed by atoms with van der Waals surface area (Å²) in [5.41, 5.74) is 0.414. The minimum Gasteiger partial charge on any atom is -0.481 e. The van der Waals surface area contributed by atoms with Crippen LogP contribution in [0.15, 0.2) is 12.1 Å². The first-order chi connectivity index (χ1) is 6.13. The first-order valence-corrected chi connectivity index (χ1v) is 3.82. The molecule has 13 heavy (non-hydrogen) atoms. The standard InChI is InChI=1S/C7H7ClN2O3/c1-13-7-5(4-10(11)12)2-3-6(8)9-7/h2-3H,4H2,1H3. The van der Waals surface area contributed by atoms with Crippen LogP contribution in [0.25, 0.3) is 0 Å². The molecule has 1 heterocycles. The number of aromatic nitrogens is 1. The number of methoxy groups -OCH3 is 1. The quantitative estimate of drug-likeness (QED) is 0.424. The number of nitrogens with zero attached hydrogens (tertiary/aromatic N) is 2. The Labute approximate surface area is 79.5 Å². The van der Waals surface area contributed by atoms with E-state index in [1.165, 1.54) is 19.2 Å². The molecule has 0 spiro atoms. The van der Waals surface area contributed by atoms with Crippen LogP contribution >= 0.6 is 11.6 Å². The van der Waals surface area contributed by atoms with Crippen molar-refractivity contribution in [2.45, 2.75) is 6.54 Å². The maximum absolute atomic E-state index is 10.2.